The fraction of sp³-hybridized carbons (Fsp3) is 0.857. The smallest absolute Gasteiger partial charge is 0.236 e. The minimum absolute atomic E-state index is 0.00623. The van der Waals surface area contributed by atoms with E-state index in [2.05, 4.69) is 5.16 Å². The molecule has 0 aromatic heterocycles. The molecule has 20 heavy (non-hydrogen) atoms. The number of amides is 1. The van der Waals surface area contributed by atoms with Crippen LogP contribution in [0.3, 0.4) is 0 Å². The van der Waals surface area contributed by atoms with Crippen molar-refractivity contribution in [1.29, 1.82) is 0 Å². The number of carbonyl (C=O) groups excluding carboxylic acids is 1. The SMILES string of the molecule is COC1(C)CCCN(C(=O)C2(C(N)=NO)CCCC2)C1. The second-order valence-electron chi connectivity index (χ2n) is 6.26. The molecule has 2 fully saturated rings. The third-order valence-corrected chi connectivity index (χ3v) is 4.90. The van der Waals surface area contributed by atoms with Gasteiger partial charge in [-0.2, -0.15) is 0 Å². The molecule has 1 atom stereocenters. The van der Waals surface area contributed by atoms with Gasteiger partial charge in [-0.15, -0.1) is 0 Å². The summed E-state index contributed by atoms with van der Waals surface area (Å²) in [5, 5.41) is 12.2. The fourth-order valence-electron chi connectivity index (χ4n) is 3.50. The summed E-state index contributed by atoms with van der Waals surface area (Å²) in [6, 6.07) is 0. The Kier molecular flexibility index (Phi) is 4.22. The molecule has 2 rings (SSSR count). The molecule has 0 aromatic rings. The van der Waals surface area contributed by atoms with Crippen molar-refractivity contribution >= 4 is 11.7 Å². The van der Waals surface area contributed by atoms with Crippen molar-refractivity contribution in [3.8, 4) is 0 Å². The molecule has 1 saturated carbocycles. The topological polar surface area (TPSA) is 88.2 Å². The Morgan fingerprint density at radius 1 is 1.30 bits per heavy atom. The van der Waals surface area contributed by atoms with Gasteiger partial charge in [0.2, 0.25) is 5.91 Å². The normalized spacial score (nSPS) is 30.5. The van der Waals surface area contributed by atoms with Crippen molar-refractivity contribution in [2.24, 2.45) is 16.3 Å². The van der Waals surface area contributed by atoms with Crippen LogP contribution in [0.25, 0.3) is 0 Å². The summed E-state index contributed by atoms with van der Waals surface area (Å²) in [5.74, 6) is 0.0537. The van der Waals surface area contributed by atoms with Gasteiger partial charge in [-0.3, -0.25) is 4.79 Å². The predicted octanol–water partition coefficient (Wildman–Crippen LogP) is 1.32. The number of hydrogen-bond donors (Lipinski definition) is 2. The highest BCUT2D eigenvalue weighted by atomic mass is 16.5. The van der Waals surface area contributed by atoms with Crippen LogP contribution in [0.15, 0.2) is 5.16 Å². The highest BCUT2D eigenvalue weighted by molar-refractivity contribution is 6.07. The zero-order chi connectivity index (χ0) is 14.8. The Morgan fingerprint density at radius 3 is 2.50 bits per heavy atom. The van der Waals surface area contributed by atoms with Crippen molar-refractivity contribution in [1.82, 2.24) is 4.90 Å². The number of piperidine rings is 1. The van der Waals surface area contributed by atoms with Gasteiger partial charge in [-0.1, -0.05) is 18.0 Å². The number of amidine groups is 1. The van der Waals surface area contributed by atoms with E-state index >= 15 is 0 Å². The number of rotatable bonds is 3. The molecule has 1 aliphatic heterocycles. The zero-order valence-electron chi connectivity index (χ0n) is 12.4. The van der Waals surface area contributed by atoms with Crippen LogP contribution >= 0.6 is 0 Å². The second kappa shape index (κ2) is 5.60. The van der Waals surface area contributed by atoms with E-state index in [1.165, 1.54) is 0 Å². The van der Waals surface area contributed by atoms with E-state index in [1.807, 2.05) is 11.8 Å². The van der Waals surface area contributed by atoms with Gasteiger partial charge in [-0.25, -0.2) is 0 Å². The molecule has 6 nitrogen and oxygen atoms in total. The maximum atomic E-state index is 12.9. The van der Waals surface area contributed by atoms with Gasteiger partial charge in [0.1, 0.15) is 5.41 Å². The summed E-state index contributed by atoms with van der Waals surface area (Å²) < 4.78 is 5.54. The van der Waals surface area contributed by atoms with Crippen molar-refractivity contribution in [2.75, 3.05) is 20.2 Å². The second-order valence-corrected chi connectivity index (χ2v) is 6.26. The van der Waals surface area contributed by atoms with Crippen LogP contribution in [-0.4, -0.2) is 47.7 Å². The third kappa shape index (κ3) is 2.49. The molecular formula is C14H25N3O3. The van der Waals surface area contributed by atoms with Crippen LogP contribution in [0.5, 0.6) is 0 Å². The van der Waals surface area contributed by atoms with Gasteiger partial charge < -0.3 is 20.6 Å². The van der Waals surface area contributed by atoms with Crippen molar-refractivity contribution < 1.29 is 14.7 Å². The van der Waals surface area contributed by atoms with Crippen molar-refractivity contribution in [2.45, 2.75) is 51.0 Å². The molecule has 2 aliphatic rings. The average molecular weight is 283 g/mol. The number of nitrogens with zero attached hydrogens (tertiary/aromatic N) is 2. The molecule has 1 amide bonds. The van der Waals surface area contributed by atoms with Crippen LogP contribution in [0.2, 0.25) is 0 Å². The minimum atomic E-state index is -0.805. The highest BCUT2D eigenvalue weighted by Crippen LogP contribution is 2.41. The maximum absolute atomic E-state index is 12.9. The van der Waals surface area contributed by atoms with Crippen LogP contribution < -0.4 is 5.73 Å². The number of methoxy groups -OCH3 is 1. The van der Waals surface area contributed by atoms with E-state index in [9.17, 15) is 4.79 Å². The standard InChI is InChI=1S/C14H25N3O3/c1-13(20-2)6-5-9-17(10-13)12(18)14(11(15)16-19)7-3-4-8-14/h19H,3-10H2,1-2H3,(H2,15,16). The third-order valence-electron chi connectivity index (χ3n) is 4.90. The minimum Gasteiger partial charge on any atom is -0.409 e. The summed E-state index contributed by atoms with van der Waals surface area (Å²) in [4.78, 5) is 14.8. The molecule has 1 saturated heterocycles. The number of ether oxygens (including phenoxy) is 1. The molecule has 6 heteroatoms. The first kappa shape index (κ1) is 15.1. The number of carbonyl (C=O) groups is 1. The Hall–Kier alpha value is -1.30. The lowest BCUT2D eigenvalue weighted by molar-refractivity contribution is -0.146. The quantitative estimate of drug-likeness (QED) is 0.354. The van der Waals surface area contributed by atoms with Gasteiger partial charge in [0.05, 0.1) is 5.60 Å². The molecule has 114 valence electrons. The lowest BCUT2D eigenvalue weighted by atomic mass is 9.82. The number of hydrogen-bond acceptors (Lipinski definition) is 4. The van der Waals surface area contributed by atoms with E-state index in [4.69, 9.17) is 15.7 Å². The Labute approximate surface area is 119 Å². The van der Waals surface area contributed by atoms with E-state index < -0.39 is 5.41 Å². The lowest BCUT2D eigenvalue weighted by Gasteiger charge is -2.42. The molecular weight excluding hydrogens is 258 g/mol. The van der Waals surface area contributed by atoms with Crippen LogP contribution in [0, 0.1) is 5.41 Å². The van der Waals surface area contributed by atoms with Crippen LogP contribution in [0.4, 0.5) is 0 Å². The van der Waals surface area contributed by atoms with E-state index in [0.29, 0.717) is 19.4 Å². The first-order valence-corrected chi connectivity index (χ1v) is 7.30. The first-order valence-electron chi connectivity index (χ1n) is 7.30. The Bertz CT molecular complexity index is 404. The summed E-state index contributed by atoms with van der Waals surface area (Å²) >= 11 is 0. The van der Waals surface area contributed by atoms with E-state index in [0.717, 1.165) is 32.2 Å². The monoisotopic (exact) mass is 283 g/mol. The first-order chi connectivity index (χ1) is 9.47. The highest BCUT2D eigenvalue weighted by Gasteiger charge is 2.49. The summed E-state index contributed by atoms with van der Waals surface area (Å²) in [6.45, 7) is 3.32. The van der Waals surface area contributed by atoms with Crippen molar-refractivity contribution in [3.63, 3.8) is 0 Å². The predicted molar refractivity (Wildman–Crippen MR) is 75.5 cm³/mol. The lowest BCUT2D eigenvalue weighted by Crippen LogP contribution is -2.56. The summed E-state index contributed by atoms with van der Waals surface area (Å²) in [6.07, 6.45) is 5.09. The molecule has 0 spiro atoms. The summed E-state index contributed by atoms with van der Waals surface area (Å²) in [7, 11) is 1.68. The average Bonchev–Trinajstić information content (AvgIpc) is 2.96. The van der Waals surface area contributed by atoms with E-state index in [-0.39, 0.29) is 17.3 Å². The van der Waals surface area contributed by atoms with Gasteiger partial charge in [0.15, 0.2) is 5.84 Å². The molecule has 1 unspecified atom stereocenters. The molecule has 0 bridgehead atoms. The molecule has 1 heterocycles. The molecule has 0 aromatic carbocycles. The molecule has 1 aliphatic carbocycles. The molecule has 3 N–H and O–H groups in total. The van der Waals surface area contributed by atoms with Gasteiger partial charge in [0, 0.05) is 20.2 Å². The van der Waals surface area contributed by atoms with Gasteiger partial charge in [-0.05, 0) is 32.6 Å². The van der Waals surface area contributed by atoms with Crippen LogP contribution in [-0.2, 0) is 9.53 Å². The Balaban J connectivity index is 2.20. The van der Waals surface area contributed by atoms with Gasteiger partial charge >= 0.3 is 0 Å². The molecule has 0 radical (unpaired) electrons. The van der Waals surface area contributed by atoms with Crippen LogP contribution in [0.1, 0.15) is 45.4 Å². The fourth-order valence-corrected chi connectivity index (χ4v) is 3.50. The zero-order valence-corrected chi connectivity index (χ0v) is 12.4. The summed E-state index contributed by atoms with van der Waals surface area (Å²) in [5.41, 5.74) is 4.74. The maximum Gasteiger partial charge on any atom is 0.236 e. The van der Waals surface area contributed by atoms with E-state index in [1.54, 1.807) is 7.11 Å². The number of nitrogens with two attached hydrogens (primary N) is 1. The van der Waals surface area contributed by atoms with Gasteiger partial charge in [0.25, 0.3) is 0 Å². The number of likely N-dealkylation sites (tertiary alicyclic amines) is 1. The Morgan fingerprint density at radius 2 is 1.95 bits per heavy atom. The van der Waals surface area contributed by atoms with Crippen molar-refractivity contribution in [3.05, 3.63) is 0 Å². The largest absolute Gasteiger partial charge is 0.409 e. The number of oxime groups is 1.